The standard InChI is InChI=1S/C21H25N5O2/c1-2-12-22-21-23-13-17-18(14-8-10-15(11-9-14)20(27)28)25-26(19(17)24-21)16-6-4-3-5-7-16/h8-11,13,16H,2-7,12H2,1H3,(H,27,28)(H,22,23,24). The van der Waals surface area contributed by atoms with E-state index in [4.69, 9.17) is 15.2 Å². The minimum absolute atomic E-state index is 0.266. The number of carboxylic acids is 1. The van der Waals surface area contributed by atoms with Gasteiger partial charge in [0, 0.05) is 18.3 Å². The Bertz CT molecular complexity index is 974. The molecule has 1 saturated carbocycles. The van der Waals surface area contributed by atoms with E-state index < -0.39 is 5.97 Å². The summed E-state index contributed by atoms with van der Waals surface area (Å²) in [5.74, 6) is -0.307. The number of aromatic nitrogens is 4. The topological polar surface area (TPSA) is 92.9 Å². The molecular weight excluding hydrogens is 354 g/mol. The third kappa shape index (κ3) is 3.56. The molecule has 1 aromatic carbocycles. The fourth-order valence-corrected chi connectivity index (χ4v) is 3.81. The lowest BCUT2D eigenvalue weighted by Crippen LogP contribution is -2.15. The second-order valence-corrected chi connectivity index (χ2v) is 7.33. The maximum Gasteiger partial charge on any atom is 0.335 e. The van der Waals surface area contributed by atoms with E-state index in [0.29, 0.717) is 12.0 Å². The van der Waals surface area contributed by atoms with Crippen molar-refractivity contribution < 1.29 is 9.90 Å². The van der Waals surface area contributed by atoms with E-state index in [1.165, 1.54) is 19.3 Å². The molecule has 146 valence electrons. The molecule has 0 atom stereocenters. The van der Waals surface area contributed by atoms with E-state index in [1.807, 2.05) is 6.20 Å². The van der Waals surface area contributed by atoms with Crippen molar-refractivity contribution in [2.75, 3.05) is 11.9 Å². The van der Waals surface area contributed by atoms with Crippen LogP contribution < -0.4 is 5.32 Å². The van der Waals surface area contributed by atoms with E-state index in [1.54, 1.807) is 24.3 Å². The number of carboxylic acid groups (broad SMARTS) is 1. The number of hydrogen-bond donors (Lipinski definition) is 2. The number of anilines is 1. The first-order chi connectivity index (χ1) is 13.7. The van der Waals surface area contributed by atoms with Gasteiger partial charge in [-0.1, -0.05) is 38.3 Å². The lowest BCUT2D eigenvalue weighted by atomic mass is 9.96. The molecule has 3 aromatic rings. The van der Waals surface area contributed by atoms with E-state index in [-0.39, 0.29) is 5.56 Å². The molecule has 1 aliphatic rings. The van der Waals surface area contributed by atoms with Gasteiger partial charge in [0.1, 0.15) is 5.69 Å². The van der Waals surface area contributed by atoms with Crippen molar-refractivity contribution in [3.63, 3.8) is 0 Å². The Labute approximate surface area is 163 Å². The van der Waals surface area contributed by atoms with Crippen LogP contribution in [0.1, 0.15) is 61.8 Å². The third-order valence-corrected chi connectivity index (χ3v) is 5.31. The summed E-state index contributed by atoms with van der Waals surface area (Å²) in [5.41, 5.74) is 2.79. The lowest BCUT2D eigenvalue weighted by molar-refractivity contribution is 0.0697. The molecular formula is C21H25N5O2. The van der Waals surface area contributed by atoms with Crippen LogP contribution in [0.5, 0.6) is 0 Å². The third-order valence-electron chi connectivity index (χ3n) is 5.31. The van der Waals surface area contributed by atoms with E-state index in [9.17, 15) is 4.79 Å². The number of carbonyl (C=O) groups is 1. The maximum absolute atomic E-state index is 11.1. The van der Waals surface area contributed by atoms with Crippen LogP contribution in [0.4, 0.5) is 5.95 Å². The van der Waals surface area contributed by atoms with Gasteiger partial charge < -0.3 is 10.4 Å². The molecule has 2 aromatic heterocycles. The van der Waals surface area contributed by atoms with E-state index in [2.05, 4.69) is 21.9 Å². The minimum atomic E-state index is -0.931. The summed E-state index contributed by atoms with van der Waals surface area (Å²) in [6, 6.07) is 7.18. The maximum atomic E-state index is 11.1. The molecule has 0 saturated heterocycles. The summed E-state index contributed by atoms with van der Waals surface area (Å²) >= 11 is 0. The predicted molar refractivity (Wildman–Crippen MR) is 109 cm³/mol. The Balaban J connectivity index is 1.80. The molecule has 2 N–H and O–H groups in total. The van der Waals surface area contributed by atoms with Gasteiger partial charge in [0.2, 0.25) is 5.95 Å². The zero-order valence-corrected chi connectivity index (χ0v) is 16.1. The van der Waals surface area contributed by atoms with Crippen LogP contribution in [0, 0.1) is 0 Å². The molecule has 4 rings (SSSR count). The quantitative estimate of drug-likeness (QED) is 0.654. The minimum Gasteiger partial charge on any atom is -0.478 e. The van der Waals surface area contributed by atoms with Gasteiger partial charge in [-0.2, -0.15) is 10.1 Å². The van der Waals surface area contributed by atoms with Crippen LogP contribution in [-0.4, -0.2) is 37.4 Å². The summed E-state index contributed by atoms with van der Waals surface area (Å²) in [5, 5.41) is 18.2. The van der Waals surface area contributed by atoms with Crippen molar-refractivity contribution in [2.24, 2.45) is 0 Å². The zero-order chi connectivity index (χ0) is 19.5. The monoisotopic (exact) mass is 379 g/mol. The highest BCUT2D eigenvalue weighted by Crippen LogP contribution is 2.34. The van der Waals surface area contributed by atoms with Crippen molar-refractivity contribution in [1.29, 1.82) is 0 Å². The molecule has 0 unspecified atom stereocenters. The normalized spacial score (nSPS) is 15.0. The fraction of sp³-hybridized carbons (Fsp3) is 0.429. The molecule has 1 fully saturated rings. The Morgan fingerprint density at radius 3 is 2.64 bits per heavy atom. The van der Waals surface area contributed by atoms with Crippen molar-refractivity contribution >= 4 is 23.0 Å². The molecule has 7 heteroatoms. The molecule has 0 radical (unpaired) electrons. The van der Waals surface area contributed by atoms with Gasteiger partial charge in [0.15, 0.2) is 5.65 Å². The Morgan fingerprint density at radius 1 is 1.21 bits per heavy atom. The Hall–Kier alpha value is -2.96. The summed E-state index contributed by atoms with van der Waals surface area (Å²) in [4.78, 5) is 20.4. The van der Waals surface area contributed by atoms with Crippen molar-refractivity contribution in [3.8, 4) is 11.3 Å². The number of nitrogens with zero attached hydrogens (tertiary/aromatic N) is 4. The molecule has 28 heavy (non-hydrogen) atoms. The van der Waals surface area contributed by atoms with E-state index in [0.717, 1.165) is 48.1 Å². The van der Waals surface area contributed by atoms with Gasteiger partial charge >= 0.3 is 5.97 Å². The Kier molecular flexibility index (Phi) is 5.23. The average Bonchev–Trinajstić information content (AvgIpc) is 3.12. The van der Waals surface area contributed by atoms with Crippen LogP contribution in [0.15, 0.2) is 30.5 Å². The van der Waals surface area contributed by atoms with Gasteiger partial charge in [-0.15, -0.1) is 0 Å². The molecule has 7 nitrogen and oxygen atoms in total. The molecule has 0 spiro atoms. The first kappa shape index (κ1) is 18.4. The lowest BCUT2D eigenvalue weighted by Gasteiger charge is -2.22. The highest BCUT2D eigenvalue weighted by molar-refractivity contribution is 5.93. The van der Waals surface area contributed by atoms with Gasteiger partial charge in [-0.25, -0.2) is 14.5 Å². The summed E-state index contributed by atoms with van der Waals surface area (Å²) in [7, 11) is 0. The van der Waals surface area contributed by atoms with Crippen LogP contribution in [-0.2, 0) is 0 Å². The number of aromatic carboxylic acids is 1. The van der Waals surface area contributed by atoms with Crippen LogP contribution in [0.3, 0.4) is 0 Å². The first-order valence-corrected chi connectivity index (χ1v) is 10.00. The number of hydrogen-bond acceptors (Lipinski definition) is 5. The van der Waals surface area contributed by atoms with Crippen LogP contribution in [0.25, 0.3) is 22.3 Å². The molecule has 2 heterocycles. The van der Waals surface area contributed by atoms with Gasteiger partial charge in [-0.3, -0.25) is 0 Å². The summed E-state index contributed by atoms with van der Waals surface area (Å²) in [6.45, 7) is 2.93. The van der Waals surface area contributed by atoms with Crippen molar-refractivity contribution in [1.82, 2.24) is 19.7 Å². The molecule has 0 aliphatic heterocycles. The molecule has 0 bridgehead atoms. The second-order valence-electron chi connectivity index (χ2n) is 7.33. The highest BCUT2D eigenvalue weighted by atomic mass is 16.4. The van der Waals surface area contributed by atoms with Gasteiger partial charge in [-0.05, 0) is 31.4 Å². The molecule has 1 aliphatic carbocycles. The number of benzene rings is 1. The van der Waals surface area contributed by atoms with Crippen molar-refractivity contribution in [2.45, 2.75) is 51.5 Å². The second kappa shape index (κ2) is 7.96. The molecule has 0 amide bonds. The number of rotatable bonds is 6. The zero-order valence-electron chi connectivity index (χ0n) is 16.1. The van der Waals surface area contributed by atoms with Crippen molar-refractivity contribution in [3.05, 3.63) is 36.0 Å². The first-order valence-electron chi connectivity index (χ1n) is 10.00. The smallest absolute Gasteiger partial charge is 0.335 e. The SMILES string of the molecule is CCCNc1ncc2c(-c3ccc(C(=O)O)cc3)nn(C3CCCCC3)c2n1. The Morgan fingerprint density at radius 2 is 1.96 bits per heavy atom. The average molecular weight is 379 g/mol. The summed E-state index contributed by atoms with van der Waals surface area (Å²) in [6.07, 6.45) is 8.74. The summed E-state index contributed by atoms with van der Waals surface area (Å²) < 4.78 is 2.06. The van der Waals surface area contributed by atoms with Crippen LogP contribution in [0.2, 0.25) is 0 Å². The largest absolute Gasteiger partial charge is 0.478 e. The van der Waals surface area contributed by atoms with E-state index >= 15 is 0 Å². The van der Waals surface area contributed by atoms with Gasteiger partial charge in [0.25, 0.3) is 0 Å². The fourth-order valence-electron chi connectivity index (χ4n) is 3.81. The predicted octanol–water partition coefficient (Wildman–Crippen LogP) is 4.52. The van der Waals surface area contributed by atoms with Crippen LogP contribution >= 0.6 is 0 Å². The van der Waals surface area contributed by atoms with Gasteiger partial charge in [0.05, 0.1) is 17.0 Å². The highest BCUT2D eigenvalue weighted by Gasteiger charge is 2.22. The number of fused-ring (bicyclic) bond motifs is 1. The number of nitrogens with one attached hydrogen (secondary N) is 1.